The van der Waals surface area contributed by atoms with E-state index in [1.165, 1.54) is 17.3 Å². The van der Waals surface area contributed by atoms with E-state index in [0.717, 1.165) is 85.5 Å². The van der Waals surface area contributed by atoms with Crippen LogP contribution in [-0.2, 0) is 32.0 Å². The van der Waals surface area contributed by atoms with Crippen molar-refractivity contribution >= 4 is 17.1 Å². The van der Waals surface area contributed by atoms with Crippen LogP contribution in [0.25, 0.3) is 22.6 Å². The molecule has 0 aliphatic heterocycles. The van der Waals surface area contributed by atoms with Crippen LogP contribution in [0.2, 0.25) is 0 Å². The molecule has 1 atom stereocenters. The lowest BCUT2D eigenvalue weighted by Crippen LogP contribution is -2.35. The molecule has 4 aromatic carbocycles. The number of hydrogen-bond donors (Lipinski definition) is 1. The van der Waals surface area contributed by atoms with E-state index in [1.807, 2.05) is 61.5 Å². The summed E-state index contributed by atoms with van der Waals surface area (Å²) in [5.74, 6) is 0.123. The number of carbonyl (C=O) groups is 1. The maximum Gasteiger partial charge on any atom is 0.416 e. The second kappa shape index (κ2) is 15.0. The fraction of sp³-hybridized carbons (Fsp3) is 0.262. The van der Waals surface area contributed by atoms with Crippen LogP contribution in [0.1, 0.15) is 68.4 Å². The normalized spacial score (nSPS) is 14.4. The molecule has 1 aliphatic rings. The number of nitrogens with zero attached hydrogens (tertiary/aromatic N) is 3. The Kier molecular flexibility index (Phi) is 10.1. The highest BCUT2D eigenvalue weighted by Gasteiger charge is 2.31. The zero-order chi connectivity index (χ0) is 36.2. The molecule has 0 spiro atoms. The molecule has 0 fully saturated rings. The van der Waals surface area contributed by atoms with Crippen molar-refractivity contribution in [2.45, 2.75) is 57.9 Å². The van der Waals surface area contributed by atoms with Gasteiger partial charge in [0.2, 0.25) is 5.89 Å². The molecule has 2 aromatic heterocycles. The summed E-state index contributed by atoms with van der Waals surface area (Å²) in [6, 6.07) is 30.5. The number of ether oxygens (including phenoxy) is 1. The van der Waals surface area contributed by atoms with Crippen molar-refractivity contribution in [3.05, 3.63) is 148 Å². The minimum absolute atomic E-state index is 0.154. The van der Waals surface area contributed by atoms with E-state index in [1.54, 1.807) is 12.1 Å². The number of hydrogen-bond acceptors (Lipinski definition) is 6. The van der Waals surface area contributed by atoms with E-state index >= 15 is 0 Å². The lowest BCUT2D eigenvalue weighted by Gasteiger charge is -2.36. The van der Waals surface area contributed by atoms with Gasteiger partial charge in [-0.15, -0.1) is 0 Å². The van der Waals surface area contributed by atoms with Gasteiger partial charge in [-0.2, -0.15) is 13.2 Å². The number of aromatic nitrogens is 2. The molecule has 1 N–H and O–H groups in total. The lowest BCUT2D eigenvalue weighted by molar-refractivity contribution is -0.137. The summed E-state index contributed by atoms with van der Waals surface area (Å²) in [5, 5.41) is 9.33. The van der Waals surface area contributed by atoms with E-state index in [4.69, 9.17) is 14.1 Å². The fourth-order valence-corrected chi connectivity index (χ4v) is 6.88. The summed E-state index contributed by atoms with van der Waals surface area (Å²) in [6.45, 7) is 3.97. The average molecular weight is 706 g/mol. The number of pyridine rings is 1. The lowest BCUT2D eigenvalue weighted by atomic mass is 9.89. The molecule has 1 aliphatic carbocycles. The van der Waals surface area contributed by atoms with Gasteiger partial charge in [0.25, 0.3) is 0 Å². The third-order valence-electron chi connectivity index (χ3n) is 9.68. The van der Waals surface area contributed by atoms with Crippen molar-refractivity contribution in [2.75, 3.05) is 13.1 Å². The molecule has 7 nitrogen and oxygen atoms in total. The molecule has 6 aromatic rings. The number of benzene rings is 4. The Morgan fingerprint density at radius 2 is 1.65 bits per heavy atom. The van der Waals surface area contributed by atoms with Gasteiger partial charge in [-0.1, -0.05) is 48.5 Å². The van der Waals surface area contributed by atoms with Gasteiger partial charge in [0.1, 0.15) is 17.9 Å². The van der Waals surface area contributed by atoms with Gasteiger partial charge < -0.3 is 14.3 Å². The smallest absolute Gasteiger partial charge is 0.416 e. The van der Waals surface area contributed by atoms with Crippen LogP contribution in [0.3, 0.4) is 0 Å². The van der Waals surface area contributed by atoms with Crippen molar-refractivity contribution < 1.29 is 32.2 Å². The molecule has 2 heterocycles. The topological polar surface area (TPSA) is 88.7 Å². The quantitative estimate of drug-likeness (QED) is 0.136. The molecular weight excluding hydrogens is 667 g/mol. The molecule has 0 radical (unpaired) electrons. The second-order valence-electron chi connectivity index (χ2n) is 13.2. The third kappa shape index (κ3) is 8.02. The summed E-state index contributed by atoms with van der Waals surface area (Å²) in [5.41, 5.74) is 7.21. The summed E-state index contributed by atoms with van der Waals surface area (Å²) in [7, 11) is 0. The van der Waals surface area contributed by atoms with Gasteiger partial charge in [-0.25, -0.2) is 9.78 Å². The standard InChI is InChI=1S/C42H38F3N3O4/c1-27-9-19-34-35(46-27)6-4-7-37(34)48(23-21-28-10-16-32(17-11-28)41(49)50)24-22-30-5-2-3-8-38(30)51-26-29-12-14-31(15-13-29)40-47-36-25-33(42(43,44)45)18-20-39(36)52-40/h2-3,5,8-20,25,37H,4,6-7,21-24,26H2,1H3,(H,49,50). The van der Waals surface area contributed by atoms with Crippen LogP contribution in [0.15, 0.2) is 108 Å². The monoisotopic (exact) mass is 705 g/mol. The average Bonchev–Trinajstić information content (AvgIpc) is 3.58. The molecule has 0 bridgehead atoms. The molecular formula is C42H38F3N3O4. The first-order chi connectivity index (χ1) is 25.1. The number of carboxylic acid groups (broad SMARTS) is 1. The summed E-state index contributed by atoms with van der Waals surface area (Å²) >= 11 is 0. The minimum Gasteiger partial charge on any atom is -0.489 e. The number of carboxylic acids is 1. The van der Waals surface area contributed by atoms with E-state index in [9.17, 15) is 23.1 Å². The zero-order valence-corrected chi connectivity index (χ0v) is 28.7. The van der Waals surface area contributed by atoms with Crippen molar-refractivity contribution in [1.82, 2.24) is 14.9 Å². The van der Waals surface area contributed by atoms with Crippen molar-refractivity contribution in [3.8, 4) is 17.2 Å². The zero-order valence-electron chi connectivity index (χ0n) is 28.7. The SMILES string of the molecule is Cc1ccc2c(n1)CCCC2N(CCc1ccc(C(=O)O)cc1)CCc1ccccc1OCc1ccc(-c2nc3cc(C(F)(F)F)ccc3o2)cc1. The number of rotatable bonds is 12. The van der Waals surface area contributed by atoms with E-state index in [2.05, 4.69) is 28.1 Å². The largest absolute Gasteiger partial charge is 0.489 e. The first-order valence-corrected chi connectivity index (χ1v) is 17.4. The van der Waals surface area contributed by atoms with Gasteiger partial charge in [-0.3, -0.25) is 9.88 Å². The number of oxazole rings is 1. The first-order valence-electron chi connectivity index (χ1n) is 17.4. The number of alkyl halides is 3. The van der Waals surface area contributed by atoms with E-state index < -0.39 is 17.7 Å². The van der Waals surface area contributed by atoms with Crippen LogP contribution in [0, 0.1) is 6.92 Å². The molecule has 266 valence electrons. The Balaban J connectivity index is 1.04. The number of fused-ring (bicyclic) bond motifs is 2. The molecule has 0 saturated carbocycles. The molecule has 10 heteroatoms. The van der Waals surface area contributed by atoms with Gasteiger partial charge in [0.15, 0.2) is 5.58 Å². The Hall–Kier alpha value is -5.48. The molecule has 7 rings (SSSR count). The summed E-state index contributed by atoms with van der Waals surface area (Å²) in [4.78, 5) is 23.1. The number of para-hydroxylation sites is 1. The Morgan fingerprint density at radius 3 is 2.42 bits per heavy atom. The number of halogens is 3. The maximum absolute atomic E-state index is 13.2. The van der Waals surface area contributed by atoms with Crippen LogP contribution in [0.5, 0.6) is 5.75 Å². The predicted octanol–water partition coefficient (Wildman–Crippen LogP) is 9.66. The van der Waals surface area contributed by atoms with Crippen molar-refractivity contribution in [2.24, 2.45) is 0 Å². The highest BCUT2D eigenvalue weighted by molar-refractivity contribution is 5.87. The molecule has 1 unspecified atom stereocenters. The van der Waals surface area contributed by atoms with Gasteiger partial charge in [-0.05, 0) is 116 Å². The van der Waals surface area contributed by atoms with Gasteiger partial charge >= 0.3 is 12.1 Å². The number of aryl methyl sites for hydroxylation is 2. The van der Waals surface area contributed by atoms with E-state index in [-0.39, 0.29) is 23.0 Å². The fourth-order valence-electron chi connectivity index (χ4n) is 6.88. The summed E-state index contributed by atoms with van der Waals surface area (Å²) < 4.78 is 51.6. The predicted molar refractivity (Wildman–Crippen MR) is 192 cm³/mol. The van der Waals surface area contributed by atoms with Crippen LogP contribution in [-0.4, -0.2) is 39.0 Å². The van der Waals surface area contributed by atoms with Crippen molar-refractivity contribution in [3.63, 3.8) is 0 Å². The highest BCUT2D eigenvalue weighted by Crippen LogP contribution is 2.35. The highest BCUT2D eigenvalue weighted by atomic mass is 19.4. The van der Waals surface area contributed by atoms with Crippen LogP contribution in [0.4, 0.5) is 13.2 Å². The molecule has 0 saturated heterocycles. The van der Waals surface area contributed by atoms with Crippen LogP contribution < -0.4 is 4.74 Å². The second-order valence-corrected chi connectivity index (χ2v) is 13.2. The molecule has 52 heavy (non-hydrogen) atoms. The van der Waals surface area contributed by atoms with Crippen LogP contribution >= 0.6 is 0 Å². The Labute approximate surface area is 299 Å². The summed E-state index contributed by atoms with van der Waals surface area (Å²) in [6.07, 6.45) is 0.200. The Bertz CT molecular complexity index is 2180. The molecule has 0 amide bonds. The van der Waals surface area contributed by atoms with E-state index in [0.29, 0.717) is 17.8 Å². The Morgan fingerprint density at radius 1 is 0.904 bits per heavy atom. The third-order valence-corrected chi connectivity index (χ3v) is 9.68. The maximum atomic E-state index is 13.2. The minimum atomic E-state index is -4.45. The number of aromatic carboxylic acids is 1. The van der Waals surface area contributed by atoms with Crippen molar-refractivity contribution in [1.29, 1.82) is 0 Å². The van der Waals surface area contributed by atoms with Gasteiger partial charge in [0, 0.05) is 36.1 Å². The first kappa shape index (κ1) is 34.9. The van der Waals surface area contributed by atoms with Gasteiger partial charge in [0.05, 0.1) is 11.1 Å².